The van der Waals surface area contributed by atoms with Crippen molar-refractivity contribution in [3.63, 3.8) is 0 Å². The van der Waals surface area contributed by atoms with Gasteiger partial charge in [-0.15, -0.1) is 11.3 Å². The lowest BCUT2D eigenvalue weighted by molar-refractivity contribution is 0.0727. The monoisotopic (exact) mass is 315 g/mol. The molecule has 2 fully saturated rings. The summed E-state index contributed by atoms with van der Waals surface area (Å²) in [6.07, 6.45) is 3.83. The predicted molar refractivity (Wildman–Crippen MR) is 89.2 cm³/mol. The molecule has 1 heterocycles. The Hall–Kier alpha value is -1.39. The van der Waals surface area contributed by atoms with E-state index in [1.807, 2.05) is 30.1 Å². The summed E-state index contributed by atoms with van der Waals surface area (Å²) in [5.74, 6) is 1.36. The van der Waals surface area contributed by atoms with Crippen LogP contribution >= 0.6 is 11.3 Å². The van der Waals surface area contributed by atoms with E-state index in [-0.39, 0.29) is 12.0 Å². The number of carbonyl (C=O) groups excluding carboxylic acids is 1. The van der Waals surface area contributed by atoms with Gasteiger partial charge in [0, 0.05) is 17.8 Å². The van der Waals surface area contributed by atoms with Crippen molar-refractivity contribution in [3.8, 4) is 0 Å². The molecule has 1 amide bonds. The van der Waals surface area contributed by atoms with Gasteiger partial charge in [-0.1, -0.05) is 18.2 Å². The van der Waals surface area contributed by atoms with E-state index in [0.29, 0.717) is 17.9 Å². The van der Waals surface area contributed by atoms with E-state index in [9.17, 15) is 9.90 Å². The molecule has 3 nitrogen and oxygen atoms in total. The number of nitrogens with zero attached hydrogens (tertiary/aromatic N) is 1. The van der Waals surface area contributed by atoms with Crippen molar-refractivity contribution in [2.75, 3.05) is 7.05 Å². The molecule has 22 heavy (non-hydrogen) atoms. The second-order valence-corrected chi connectivity index (χ2v) is 7.92. The van der Waals surface area contributed by atoms with Crippen molar-refractivity contribution in [3.05, 3.63) is 35.2 Å². The largest absolute Gasteiger partial charge is 0.393 e. The normalized spacial score (nSPS) is 30.6. The Kier molecular flexibility index (Phi) is 3.46. The van der Waals surface area contributed by atoms with E-state index in [1.54, 1.807) is 11.3 Å². The Labute approximate surface area is 134 Å². The molecule has 0 radical (unpaired) electrons. The first-order valence-electron chi connectivity index (χ1n) is 8.05. The first-order valence-corrected chi connectivity index (χ1v) is 8.87. The zero-order valence-electron chi connectivity index (χ0n) is 12.7. The Morgan fingerprint density at radius 2 is 1.86 bits per heavy atom. The molecule has 0 bridgehead atoms. The van der Waals surface area contributed by atoms with Gasteiger partial charge in [0.05, 0.1) is 11.0 Å². The van der Waals surface area contributed by atoms with Crippen LogP contribution in [0.25, 0.3) is 10.1 Å². The molecular formula is C18H21NO2S. The lowest BCUT2D eigenvalue weighted by atomic mass is 10.0. The molecule has 1 aromatic heterocycles. The summed E-state index contributed by atoms with van der Waals surface area (Å²) in [7, 11) is 1.94. The first-order chi connectivity index (χ1) is 10.6. The van der Waals surface area contributed by atoms with Crippen LogP contribution < -0.4 is 0 Å². The highest BCUT2D eigenvalue weighted by molar-refractivity contribution is 7.20. The van der Waals surface area contributed by atoms with Crippen LogP contribution in [0.1, 0.15) is 35.4 Å². The van der Waals surface area contributed by atoms with Crippen LogP contribution in [-0.4, -0.2) is 35.1 Å². The molecule has 2 saturated carbocycles. The van der Waals surface area contributed by atoms with Gasteiger partial charge in [0.2, 0.25) is 0 Å². The van der Waals surface area contributed by atoms with Gasteiger partial charge < -0.3 is 10.0 Å². The molecule has 2 unspecified atom stereocenters. The third kappa shape index (κ3) is 2.34. The topological polar surface area (TPSA) is 40.5 Å². The van der Waals surface area contributed by atoms with Gasteiger partial charge in [-0.3, -0.25) is 4.79 Å². The highest BCUT2D eigenvalue weighted by Crippen LogP contribution is 2.45. The second-order valence-electron chi connectivity index (χ2n) is 6.84. The SMILES string of the molecule is CN(C(=O)c1cc2ccccc2s1)C1C[C@H]2CC(O)C[C@H]2C1. The van der Waals surface area contributed by atoms with Gasteiger partial charge in [-0.05, 0) is 55.0 Å². The Morgan fingerprint density at radius 1 is 1.18 bits per heavy atom. The third-order valence-electron chi connectivity index (χ3n) is 5.47. The summed E-state index contributed by atoms with van der Waals surface area (Å²) in [5, 5.41) is 10.9. The van der Waals surface area contributed by atoms with Crippen LogP contribution in [0.3, 0.4) is 0 Å². The average molecular weight is 315 g/mol. The van der Waals surface area contributed by atoms with Gasteiger partial charge in [-0.25, -0.2) is 0 Å². The van der Waals surface area contributed by atoms with Gasteiger partial charge in [0.1, 0.15) is 0 Å². The number of aliphatic hydroxyl groups excluding tert-OH is 1. The van der Waals surface area contributed by atoms with E-state index in [4.69, 9.17) is 0 Å². The average Bonchev–Trinajstić information content (AvgIpc) is 3.16. The maximum atomic E-state index is 12.8. The van der Waals surface area contributed by atoms with Crippen molar-refractivity contribution in [2.24, 2.45) is 11.8 Å². The third-order valence-corrected chi connectivity index (χ3v) is 6.57. The van der Waals surface area contributed by atoms with Crippen LogP contribution in [0.5, 0.6) is 0 Å². The van der Waals surface area contributed by atoms with E-state index >= 15 is 0 Å². The van der Waals surface area contributed by atoms with E-state index in [1.165, 1.54) is 4.70 Å². The lowest BCUT2D eigenvalue weighted by Crippen LogP contribution is -2.35. The van der Waals surface area contributed by atoms with Crippen molar-refractivity contribution < 1.29 is 9.90 Å². The van der Waals surface area contributed by atoms with E-state index in [2.05, 4.69) is 12.1 Å². The second kappa shape index (κ2) is 5.36. The minimum atomic E-state index is -0.112. The number of aliphatic hydroxyl groups is 1. The quantitative estimate of drug-likeness (QED) is 0.921. The van der Waals surface area contributed by atoms with Crippen LogP contribution in [-0.2, 0) is 0 Å². The zero-order valence-corrected chi connectivity index (χ0v) is 13.6. The summed E-state index contributed by atoms with van der Waals surface area (Å²) < 4.78 is 1.17. The number of rotatable bonds is 2. The molecule has 2 aromatic rings. The fraction of sp³-hybridized carbons (Fsp3) is 0.500. The van der Waals surface area contributed by atoms with Crippen LogP contribution in [0.15, 0.2) is 30.3 Å². The number of thiophene rings is 1. The smallest absolute Gasteiger partial charge is 0.263 e. The standard InChI is InChI=1S/C18H21NO2S/c1-19(14-6-12-8-15(20)9-13(12)7-14)18(21)17-10-11-4-2-3-5-16(11)22-17/h2-5,10,12-15,20H,6-9H2,1H3/t12-,13+,14?,15?. The van der Waals surface area contributed by atoms with Crippen molar-refractivity contribution in [1.82, 2.24) is 4.90 Å². The molecular weight excluding hydrogens is 294 g/mol. The maximum Gasteiger partial charge on any atom is 0.263 e. The van der Waals surface area contributed by atoms with Crippen molar-refractivity contribution >= 4 is 27.3 Å². The summed E-state index contributed by atoms with van der Waals surface area (Å²) in [6, 6.07) is 10.5. The minimum Gasteiger partial charge on any atom is -0.393 e. The highest BCUT2D eigenvalue weighted by Gasteiger charge is 2.43. The van der Waals surface area contributed by atoms with Crippen LogP contribution in [0.2, 0.25) is 0 Å². The molecule has 2 aliphatic rings. The summed E-state index contributed by atoms with van der Waals surface area (Å²) in [4.78, 5) is 15.5. The molecule has 116 valence electrons. The van der Waals surface area contributed by atoms with E-state index in [0.717, 1.165) is 35.9 Å². The van der Waals surface area contributed by atoms with Crippen LogP contribution in [0, 0.1) is 11.8 Å². The van der Waals surface area contributed by atoms with Crippen LogP contribution in [0.4, 0.5) is 0 Å². The number of benzene rings is 1. The molecule has 1 N–H and O–H groups in total. The van der Waals surface area contributed by atoms with Crippen molar-refractivity contribution in [2.45, 2.75) is 37.8 Å². The predicted octanol–water partition coefficient (Wildman–Crippen LogP) is 3.52. The van der Waals surface area contributed by atoms with Crippen molar-refractivity contribution in [1.29, 1.82) is 0 Å². The molecule has 4 heteroatoms. The number of fused-ring (bicyclic) bond motifs is 2. The molecule has 0 spiro atoms. The van der Waals surface area contributed by atoms with Gasteiger partial charge in [0.25, 0.3) is 5.91 Å². The fourth-order valence-corrected chi connectivity index (χ4v) is 5.34. The lowest BCUT2D eigenvalue weighted by Gasteiger charge is -2.25. The van der Waals surface area contributed by atoms with Gasteiger partial charge >= 0.3 is 0 Å². The summed E-state index contributed by atoms with van der Waals surface area (Å²) >= 11 is 1.58. The fourth-order valence-electron chi connectivity index (χ4n) is 4.30. The number of amides is 1. The Morgan fingerprint density at radius 3 is 2.55 bits per heavy atom. The molecule has 4 atom stereocenters. The first kappa shape index (κ1) is 14.2. The molecule has 0 aliphatic heterocycles. The Balaban J connectivity index is 1.51. The van der Waals surface area contributed by atoms with E-state index < -0.39 is 0 Å². The molecule has 0 saturated heterocycles. The number of carbonyl (C=O) groups is 1. The number of hydrogen-bond donors (Lipinski definition) is 1. The number of hydrogen-bond acceptors (Lipinski definition) is 3. The van der Waals surface area contributed by atoms with Gasteiger partial charge in [0.15, 0.2) is 0 Å². The maximum absolute atomic E-state index is 12.8. The molecule has 1 aromatic carbocycles. The molecule has 4 rings (SSSR count). The minimum absolute atomic E-state index is 0.112. The Bertz CT molecular complexity index is 663. The zero-order chi connectivity index (χ0) is 15.3. The molecule has 2 aliphatic carbocycles. The summed E-state index contributed by atoms with van der Waals surface area (Å²) in [6.45, 7) is 0. The van der Waals surface area contributed by atoms with Gasteiger partial charge in [-0.2, -0.15) is 0 Å². The highest BCUT2D eigenvalue weighted by atomic mass is 32.1. The summed E-state index contributed by atoms with van der Waals surface area (Å²) in [5.41, 5.74) is 0.